The molecule has 3 nitrogen and oxygen atoms in total. The van der Waals surface area contributed by atoms with Gasteiger partial charge in [-0.15, -0.1) is 0 Å². The van der Waals surface area contributed by atoms with E-state index in [1.807, 2.05) is 10.7 Å². The van der Waals surface area contributed by atoms with Crippen molar-refractivity contribution in [2.45, 2.75) is 39.3 Å². The maximum atomic E-state index is 6.33. The smallest absolute Gasteiger partial charge is 0.0625 e. The average Bonchev–Trinajstić information content (AvgIpc) is 2.86. The van der Waals surface area contributed by atoms with Gasteiger partial charge in [-0.2, -0.15) is 5.10 Å². The zero-order valence-electron chi connectivity index (χ0n) is 11.7. The summed E-state index contributed by atoms with van der Waals surface area (Å²) in [5.41, 5.74) is 9.40. The highest BCUT2D eigenvalue weighted by atomic mass is 35.5. The lowest BCUT2D eigenvalue weighted by molar-refractivity contribution is 0.565. The highest BCUT2D eigenvalue weighted by Gasteiger charge is 2.15. The first kappa shape index (κ1) is 15.4. The van der Waals surface area contributed by atoms with Crippen LogP contribution in [0, 0.1) is 0 Å². The first-order chi connectivity index (χ1) is 9.55. The third kappa shape index (κ3) is 3.35. The molecule has 1 atom stereocenters. The molecule has 1 unspecified atom stereocenters. The Kier molecular flexibility index (Phi) is 5.08. The summed E-state index contributed by atoms with van der Waals surface area (Å²) in [5, 5.41) is 5.90. The van der Waals surface area contributed by atoms with Gasteiger partial charge in [0.1, 0.15) is 0 Å². The molecule has 0 fully saturated rings. The molecule has 5 heteroatoms. The van der Waals surface area contributed by atoms with Crippen LogP contribution >= 0.6 is 23.2 Å². The molecular formula is C15H19Cl2N3. The van der Waals surface area contributed by atoms with E-state index in [0.29, 0.717) is 16.5 Å². The molecule has 0 aliphatic rings. The lowest BCUT2D eigenvalue weighted by atomic mass is 10.0. The first-order valence-electron chi connectivity index (χ1n) is 6.81. The summed E-state index contributed by atoms with van der Waals surface area (Å²) < 4.78 is 1.96. The van der Waals surface area contributed by atoms with Crippen LogP contribution in [-0.4, -0.2) is 9.78 Å². The molecule has 0 saturated carbocycles. The molecule has 0 radical (unpaired) electrons. The van der Waals surface area contributed by atoms with Crippen molar-refractivity contribution in [2.75, 3.05) is 0 Å². The van der Waals surface area contributed by atoms with Crippen molar-refractivity contribution < 1.29 is 0 Å². The van der Waals surface area contributed by atoms with E-state index in [-0.39, 0.29) is 6.04 Å². The second-order valence-electron chi connectivity index (χ2n) is 4.78. The predicted molar refractivity (Wildman–Crippen MR) is 84.4 cm³/mol. The summed E-state index contributed by atoms with van der Waals surface area (Å²) in [6.45, 7) is 4.97. The van der Waals surface area contributed by atoms with Crippen molar-refractivity contribution in [1.82, 2.24) is 9.78 Å². The second kappa shape index (κ2) is 6.61. The fourth-order valence-electron chi connectivity index (χ4n) is 2.25. The van der Waals surface area contributed by atoms with Gasteiger partial charge in [-0.3, -0.25) is 4.68 Å². The minimum Gasteiger partial charge on any atom is -0.322 e. The lowest BCUT2D eigenvalue weighted by Gasteiger charge is -2.14. The molecular weight excluding hydrogens is 293 g/mol. The summed E-state index contributed by atoms with van der Waals surface area (Å²) >= 11 is 12.2. The Morgan fingerprint density at radius 1 is 1.25 bits per heavy atom. The van der Waals surface area contributed by atoms with Crippen molar-refractivity contribution in [3.8, 4) is 0 Å². The molecule has 2 N–H and O–H groups in total. The van der Waals surface area contributed by atoms with Crippen molar-refractivity contribution in [3.05, 3.63) is 51.3 Å². The average molecular weight is 312 g/mol. The van der Waals surface area contributed by atoms with Crippen LogP contribution in [0.25, 0.3) is 0 Å². The van der Waals surface area contributed by atoms with Gasteiger partial charge < -0.3 is 5.73 Å². The van der Waals surface area contributed by atoms with Crippen LogP contribution in [0.3, 0.4) is 0 Å². The molecule has 0 spiro atoms. The highest BCUT2D eigenvalue weighted by Crippen LogP contribution is 2.25. The predicted octanol–water partition coefficient (Wildman–Crippen LogP) is 4.01. The van der Waals surface area contributed by atoms with Crippen LogP contribution in [-0.2, 0) is 19.4 Å². The molecule has 108 valence electrons. The van der Waals surface area contributed by atoms with Crippen molar-refractivity contribution in [2.24, 2.45) is 5.73 Å². The summed E-state index contributed by atoms with van der Waals surface area (Å²) in [6, 6.07) is 7.40. The number of nitrogens with zero attached hydrogens (tertiary/aromatic N) is 2. The Balaban J connectivity index is 2.25. The van der Waals surface area contributed by atoms with Gasteiger partial charge in [0.25, 0.3) is 0 Å². The highest BCUT2D eigenvalue weighted by molar-refractivity contribution is 6.33. The number of rotatable bonds is 5. The fourth-order valence-corrected chi connectivity index (χ4v) is 2.64. The van der Waals surface area contributed by atoms with Crippen LogP contribution < -0.4 is 5.73 Å². The molecule has 0 bridgehead atoms. The van der Waals surface area contributed by atoms with E-state index in [1.54, 1.807) is 12.1 Å². The molecule has 0 amide bonds. The Hall–Kier alpha value is -1.03. The number of nitrogens with two attached hydrogens (primary N) is 1. The molecule has 0 aliphatic carbocycles. The number of aromatic nitrogens is 2. The number of halogens is 2. The summed E-state index contributed by atoms with van der Waals surface area (Å²) in [5.74, 6) is 0. The van der Waals surface area contributed by atoms with Gasteiger partial charge in [0.05, 0.1) is 17.4 Å². The van der Waals surface area contributed by atoms with Gasteiger partial charge >= 0.3 is 0 Å². The molecule has 2 rings (SSSR count). The minimum atomic E-state index is -0.140. The van der Waals surface area contributed by atoms with Gasteiger partial charge in [0.15, 0.2) is 0 Å². The summed E-state index contributed by atoms with van der Waals surface area (Å²) in [6.07, 6.45) is 1.55. The second-order valence-corrected chi connectivity index (χ2v) is 5.62. The maximum absolute atomic E-state index is 6.33. The molecule has 20 heavy (non-hydrogen) atoms. The fraction of sp³-hybridized carbons (Fsp3) is 0.400. The van der Waals surface area contributed by atoms with E-state index < -0.39 is 0 Å². The Morgan fingerprint density at radius 2 is 2.00 bits per heavy atom. The SMILES string of the molecule is CCc1cc(C(N)Cc2cc(Cl)ccc2Cl)n(CC)n1. The standard InChI is InChI=1S/C15H19Cl2N3/c1-3-12-9-15(20(4-2)19-12)14(18)8-10-7-11(16)5-6-13(10)17/h5-7,9,14H,3-4,8,18H2,1-2H3. The monoisotopic (exact) mass is 311 g/mol. The topological polar surface area (TPSA) is 43.8 Å². The molecule has 1 aromatic carbocycles. The largest absolute Gasteiger partial charge is 0.322 e. The van der Waals surface area contributed by atoms with E-state index in [1.165, 1.54) is 0 Å². The van der Waals surface area contributed by atoms with E-state index in [4.69, 9.17) is 28.9 Å². The van der Waals surface area contributed by atoms with Gasteiger partial charge in [-0.1, -0.05) is 30.1 Å². The number of hydrogen-bond acceptors (Lipinski definition) is 2. The zero-order chi connectivity index (χ0) is 14.7. The van der Waals surface area contributed by atoms with Crippen LogP contribution in [0.4, 0.5) is 0 Å². The number of benzene rings is 1. The zero-order valence-corrected chi connectivity index (χ0v) is 13.2. The molecule has 1 heterocycles. The number of aryl methyl sites for hydroxylation is 2. The van der Waals surface area contributed by atoms with E-state index >= 15 is 0 Å². The van der Waals surface area contributed by atoms with Crippen LogP contribution in [0.1, 0.15) is 36.8 Å². The Labute approximate surface area is 129 Å². The lowest BCUT2D eigenvalue weighted by Crippen LogP contribution is -2.18. The third-order valence-electron chi connectivity index (χ3n) is 3.35. The van der Waals surface area contributed by atoms with Crippen LogP contribution in [0.15, 0.2) is 24.3 Å². The summed E-state index contributed by atoms with van der Waals surface area (Å²) in [4.78, 5) is 0. The number of hydrogen-bond donors (Lipinski definition) is 1. The van der Waals surface area contributed by atoms with Crippen LogP contribution in [0.2, 0.25) is 10.0 Å². The Bertz CT molecular complexity index is 593. The quantitative estimate of drug-likeness (QED) is 0.906. The molecule has 1 aromatic heterocycles. The van der Waals surface area contributed by atoms with Crippen molar-refractivity contribution in [3.63, 3.8) is 0 Å². The Morgan fingerprint density at radius 3 is 2.65 bits per heavy atom. The summed E-state index contributed by atoms with van der Waals surface area (Å²) in [7, 11) is 0. The molecule has 0 saturated heterocycles. The van der Waals surface area contributed by atoms with Gasteiger partial charge in [-0.05, 0) is 49.6 Å². The molecule has 2 aromatic rings. The van der Waals surface area contributed by atoms with Crippen molar-refractivity contribution in [1.29, 1.82) is 0 Å². The van der Waals surface area contributed by atoms with Gasteiger partial charge in [0, 0.05) is 16.6 Å². The van der Waals surface area contributed by atoms with E-state index in [9.17, 15) is 0 Å². The first-order valence-corrected chi connectivity index (χ1v) is 7.56. The molecule has 0 aliphatic heterocycles. The minimum absolute atomic E-state index is 0.140. The van der Waals surface area contributed by atoms with E-state index in [2.05, 4.69) is 25.0 Å². The van der Waals surface area contributed by atoms with Gasteiger partial charge in [-0.25, -0.2) is 0 Å². The third-order valence-corrected chi connectivity index (χ3v) is 3.95. The normalized spacial score (nSPS) is 12.7. The maximum Gasteiger partial charge on any atom is 0.0625 e. The van der Waals surface area contributed by atoms with Crippen LogP contribution in [0.5, 0.6) is 0 Å². The van der Waals surface area contributed by atoms with Crippen molar-refractivity contribution >= 4 is 23.2 Å². The van der Waals surface area contributed by atoms with E-state index in [0.717, 1.165) is 29.9 Å². The van der Waals surface area contributed by atoms with Gasteiger partial charge in [0.2, 0.25) is 0 Å².